The fraction of sp³-hybridized carbons (Fsp3) is 1.00. The van der Waals surface area contributed by atoms with E-state index in [0.717, 1.165) is 0 Å². The van der Waals surface area contributed by atoms with Gasteiger partial charge in [0, 0.05) is 0 Å². The van der Waals surface area contributed by atoms with E-state index >= 15 is 0 Å². The van der Waals surface area contributed by atoms with Gasteiger partial charge in [-0.15, -0.1) is 0 Å². The van der Waals surface area contributed by atoms with Crippen LogP contribution in [0.3, 0.4) is 0 Å². The molecule has 0 heterocycles. The zero-order valence-electron chi connectivity index (χ0n) is 41.4. The minimum Gasteiger partial charge on any atom is -0.0654 e. The zero-order chi connectivity index (χ0) is 41.6. The van der Waals surface area contributed by atoms with Crippen LogP contribution in [-0.2, 0) is 0 Å². The molecular formula is C56H118P2. The standard InChI is InChI=1S/C56H118P2/c1-3-5-7-9-11-13-15-17-19-21-23-25-27-29-31-33-35-37-39-41-43-45-47-49-51-53-55-57-58-56-54-52-50-48-46-44-42-40-38-36-34-32-30-28-26-24-22-20-18-16-14-12-10-8-6-4-2/h57H,3-56H2,1-2,58H3. The van der Waals surface area contributed by atoms with E-state index in [1.807, 2.05) is 0 Å². The molecule has 0 aromatic carbocycles. The minimum absolute atomic E-state index is 0.292. The molecule has 352 valence electrons. The molecule has 0 aromatic heterocycles. The molecule has 0 saturated carbocycles. The van der Waals surface area contributed by atoms with E-state index in [0.29, 0.717) is 8.27 Å². The topological polar surface area (TPSA) is 0 Å². The van der Waals surface area contributed by atoms with Crippen molar-refractivity contribution in [3.05, 3.63) is 0 Å². The third-order valence-corrected chi connectivity index (χ3v) is 18.8. The molecule has 0 aliphatic carbocycles. The second kappa shape index (κ2) is 57.9. The summed E-state index contributed by atoms with van der Waals surface area (Å²) in [6.45, 7) is 4.63. The van der Waals surface area contributed by atoms with Crippen molar-refractivity contribution in [2.45, 2.75) is 348 Å². The second-order valence-electron chi connectivity index (χ2n) is 19.8. The number of rotatable bonds is 55. The van der Waals surface area contributed by atoms with Gasteiger partial charge in [0.15, 0.2) is 0 Å². The predicted octanol–water partition coefficient (Wildman–Crippen LogP) is 22.0. The van der Waals surface area contributed by atoms with Gasteiger partial charge in [-0.1, -0.05) is 213 Å². The monoisotopic (exact) mass is 853 g/mol. The predicted molar refractivity (Wildman–Crippen MR) is 281 cm³/mol. The minimum atomic E-state index is 0.292. The van der Waals surface area contributed by atoms with E-state index in [1.165, 1.54) is 329 Å². The van der Waals surface area contributed by atoms with Gasteiger partial charge in [0.1, 0.15) is 0 Å². The summed E-state index contributed by atoms with van der Waals surface area (Å²) in [5.41, 5.74) is 0. The Morgan fingerprint density at radius 3 is 0.534 bits per heavy atom. The molecule has 0 rings (SSSR count). The molecule has 0 amide bonds. The molecule has 0 fully saturated rings. The summed E-state index contributed by atoms with van der Waals surface area (Å²) in [6.07, 6.45) is 81.0. The molecular weight excluding hydrogens is 735 g/mol. The van der Waals surface area contributed by atoms with Gasteiger partial charge in [0.25, 0.3) is 0 Å². The van der Waals surface area contributed by atoms with Crippen LogP contribution in [0.1, 0.15) is 348 Å². The van der Waals surface area contributed by atoms with Gasteiger partial charge in [0.05, 0.1) is 0 Å². The molecule has 0 spiro atoms. The maximum atomic E-state index is 2.31. The summed E-state index contributed by atoms with van der Waals surface area (Å²) in [6, 6.07) is 0. The van der Waals surface area contributed by atoms with Gasteiger partial charge < -0.3 is 0 Å². The average Bonchev–Trinajstić information content (AvgIpc) is 3.23. The van der Waals surface area contributed by atoms with E-state index in [9.17, 15) is 0 Å². The molecule has 0 aromatic rings. The first kappa shape index (κ1) is 58.9. The van der Waals surface area contributed by atoms with E-state index in [4.69, 9.17) is 0 Å². The van der Waals surface area contributed by atoms with Crippen LogP contribution >= 0.6 is 16.5 Å². The van der Waals surface area contributed by atoms with Gasteiger partial charge in [-0.25, -0.2) is 0 Å². The van der Waals surface area contributed by atoms with Crippen LogP contribution in [0.2, 0.25) is 0 Å². The molecule has 0 bridgehead atoms. The van der Waals surface area contributed by atoms with Gasteiger partial charge in [0.2, 0.25) is 0 Å². The van der Waals surface area contributed by atoms with Crippen LogP contribution in [-0.4, -0.2) is 12.3 Å². The van der Waals surface area contributed by atoms with Crippen LogP contribution < -0.4 is 0 Å². The first-order valence-electron chi connectivity index (χ1n) is 28.6. The van der Waals surface area contributed by atoms with Crippen molar-refractivity contribution >= 4 is 16.5 Å². The van der Waals surface area contributed by atoms with E-state index in [2.05, 4.69) is 13.8 Å². The smallest absolute Gasteiger partial charge is 0.0654 e. The van der Waals surface area contributed by atoms with Crippen LogP contribution in [0.15, 0.2) is 0 Å². The Bertz CT molecular complexity index is 607. The van der Waals surface area contributed by atoms with Crippen molar-refractivity contribution in [3.63, 3.8) is 0 Å². The van der Waals surface area contributed by atoms with Crippen molar-refractivity contribution in [3.8, 4) is 0 Å². The molecule has 2 heteroatoms. The Balaban J connectivity index is 3.05. The quantitative estimate of drug-likeness (QED) is 0.0422. The van der Waals surface area contributed by atoms with Crippen molar-refractivity contribution in [2.24, 2.45) is 0 Å². The van der Waals surface area contributed by atoms with Crippen LogP contribution in [0.4, 0.5) is 0 Å². The Hall–Kier alpha value is 0.860. The average molecular weight is 854 g/mol. The van der Waals surface area contributed by atoms with Gasteiger partial charge >= 0.3 is 164 Å². The van der Waals surface area contributed by atoms with Crippen molar-refractivity contribution in [1.29, 1.82) is 0 Å². The molecule has 0 nitrogen and oxygen atoms in total. The summed E-state index contributed by atoms with van der Waals surface area (Å²) in [7, 11) is 1.68. The number of unbranched alkanes of at least 4 members (excludes halogenated alkanes) is 50. The SMILES string of the molecule is CCCCCCCCCCCCCCCCCCCCCCCCCCCCP[PH3]CCCCCCCCCCCCCCCCCCCCCCCCCCCC. The molecule has 1 atom stereocenters. The third kappa shape index (κ3) is 56.9. The summed E-state index contributed by atoms with van der Waals surface area (Å²) < 4.78 is 0. The Morgan fingerprint density at radius 1 is 0.190 bits per heavy atom. The summed E-state index contributed by atoms with van der Waals surface area (Å²) in [5.74, 6) is 0. The Kier molecular flexibility index (Phi) is 58.7. The van der Waals surface area contributed by atoms with Crippen LogP contribution in [0, 0.1) is 0 Å². The molecule has 0 saturated heterocycles. The zero-order valence-corrected chi connectivity index (χ0v) is 43.8. The van der Waals surface area contributed by atoms with Crippen molar-refractivity contribution in [2.75, 3.05) is 12.3 Å². The summed E-state index contributed by atoms with van der Waals surface area (Å²) in [4.78, 5) is 0. The first-order chi connectivity index (χ1) is 28.9. The van der Waals surface area contributed by atoms with Gasteiger partial charge in [-0.05, 0) is 0 Å². The molecule has 0 N–H and O–H groups in total. The van der Waals surface area contributed by atoms with Crippen LogP contribution in [0.25, 0.3) is 0 Å². The molecule has 0 radical (unpaired) electrons. The fourth-order valence-corrected chi connectivity index (χ4v) is 14.0. The van der Waals surface area contributed by atoms with E-state index < -0.39 is 0 Å². The number of hydrogen-bond acceptors (Lipinski definition) is 0. The summed E-state index contributed by atoms with van der Waals surface area (Å²) in [5, 5.41) is 0. The fourth-order valence-electron chi connectivity index (χ4n) is 9.43. The Morgan fingerprint density at radius 2 is 0.345 bits per heavy atom. The van der Waals surface area contributed by atoms with E-state index in [-0.39, 0.29) is 0 Å². The molecule has 0 aliphatic rings. The molecule has 58 heavy (non-hydrogen) atoms. The normalized spacial score (nSPS) is 12.0. The summed E-state index contributed by atoms with van der Waals surface area (Å²) >= 11 is 0. The van der Waals surface area contributed by atoms with Crippen molar-refractivity contribution in [1.82, 2.24) is 0 Å². The second-order valence-corrected chi connectivity index (χ2v) is 25.0. The number of hydrogen-bond donors (Lipinski definition) is 0. The maximum absolute atomic E-state index is 2.31. The Labute approximate surface area is 375 Å². The van der Waals surface area contributed by atoms with E-state index in [1.54, 1.807) is 25.2 Å². The van der Waals surface area contributed by atoms with Crippen LogP contribution in [0.5, 0.6) is 0 Å². The molecule has 1 unspecified atom stereocenters. The van der Waals surface area contributed by atoms with Gasteiger partial charge in [-0.2, -0.15) is 0 Å². The van der Waals surface area contributed by atoms with Gasteiger partial charge in [-0.3, -0.25) is 0 Å². The third-order valence-electron chi connectivity index (χ3n) is 13.7. The first-order valence-corrected chi connectivity index (χ1v) is 33.2. The molecule has 0 aliphatic heterocycles. The van der Waals surface area contributed by atoms with Crippen molar-refractivity contribution < 1.29 is 0 Å².